The number of hydrogen-bond acceptors (Lipinski definition) is 5. The van der Waals surface area contributed by atoms with Crippen LogP contribution in [0.3, 0.4) is 0 Å². The number of aromatic nitrogens is 1. The Morgan fingerprint density at radius 2 is 1.65 bits per heavy atom. The lowest BCUT2D eigenvalue weighted by molar-refractivity contribution is -0.136. The predicted molar refractivity (Wildman–Crippen MR) is 190 cm³/mol. The fourth-order valence-corrected chi connectivity index (χ4v) is 8.39. The molecule has 2 atom stereocenters. The highest BCUT2D eigenvalue weighted by atomic mass is 35.5. The third kappa shape index (κ3) is 7.17. The van der Waals surface area contributed by atoms with Gasteiger partial charge in [-0.1, -0.05) is 59.1 Å². The molecule has 2 fully saturated rings. The average Bonchev–Trinajstić information content (AvgIpc) is 3.61. The van der Waals surface area contributed by atoms with E-state index in [1.807, 2.05) is 89.7 Å². The molecule has 0 spiro atoms. The van der Waals surface area contributed by atoms with Gasteiger partial charge in [0, 0.05) is 83.5 Å². The number of unbranched alkanes of at least 4 members (excludes halogenated alkanes) is 1. The Kier molecular flexibility index (Phi) is 10.6. The summed E-state index contributed by atoms with van der Waals surface area (Å²) in [6.45, 7) is 4.34. The van der Waals surface area contributed by atoms with Gasteiger partial charge in [0.05, 0.1) is 12.5 Å². The zero-order chi connectivity index (χ0) is 33.8. The number of hydrogen-bond donors (Lipinski definition) is 3. The number of carbonyl (C=O) groups is 3. The van der Waals surface area contributed by atoms with Crippen molar-refractivity contribution < 1.29 is 19.5 Å². The van der Waals surface area contributed by atoms with Crippen molar-refractivity contribution in [3.05, 3.63) is 99.7 Å². The Labute approximate surface area is 294 Å². The lowest BCUT2D eigenvalue weighted by atomic mass is 9.90. The first kappa shape index (κ1) is 34.2. The van der Waals surface area contributed by atoms with Gasteiger partial charge in [-0.2, -0.15) is 0 Å². The Bertz CT molecular complexity index is 1780. The number of carbonyl (C=O) groups excluding carboxylic acids is 3. The molecule has 252 valence electrons. The number of urea groups is 1. The summed E-state index contributed by atoms with van der Waals surface area (Å²) < 4.78 is -1.21. The smallest absolute Gasteiger partial charge is 0.317 e. The van der Waals surface area contributed by atoms with Gasteiger partial charge in [0.1, 0.15) is 4.75 Å². The summed E-state index contributed by atoms with van der Waals surface area (Å²) in [4.78, 5) is 51.8. The van der Waals surface area contributed by atoms with Crippen molar-refractivity contribution in [3.8, 4) is 0 Å². The summed E-state index contributed by atoms with van der Waals surface area (Å²) in [5.74, 6) is -0.247. The maximum absolute atomic E-state index is 15.1. The van der Waals surface area contributed by atoms with Gasteiger partial charge in [0.2, 0.25) is 11.8 Å². The maximum atomic E-state index is 15.1. The summed E-state index contributed by atoms with van der Waals surface area (Å²) in [5, 5.41) is 14.0. The van der Waals surface area contributed by atoms with E-state index in [-0.39, 0.29) is 30.9 Å². The lowest BCUT2D eigenvalue weighted by Gasteiger charge is -2.42. The highest BCUT2D eigenvalue weighted by Gasteiger charge is 2.60. The number of rotatable bonds is 10. The van der Waals surface area contributed by atoms with E-state index in [9.17, 15) is 9.59 Å². The zero-order valence-electron chi connectivity index (χ0n) is 26.8. The van der Waals surface area contributed by atoms with E-state index in [0.717, 1.165) is 32.5 Å². The van der Waals surface area contributed by atoms with Crippen LogP contribution in [0.5, 0.6) is 0 Å². The van der Waals surface area contributed by atoms with Crippen molar-refractivity contribution in [2.24, 2.45) is 0 Å². The number of amides is 4. The summed E-state index contributed by atoms with van der Waals surface area (Å²) in [5.41, 5.74) is 3.67. The SMILES string of the molecule is Cc1ccc(SC2(C(=O)N3CCN(C(=O)NCCCCO)CC3)CC(=O)N(Cc3ccc(Cl)cc3)C2c2c[nH]c3cc(Cl)ccc23)cc1. The second-order valence-corrected chi connectivity index (χ2v) is 14.7. The minimum absolute atomic E-state index is 0.00839. The standard InChI is InChI=1S/C36H39Cl2N5O4S/c1-24-4-11-28(12-5-24)48-36(34(46)41-15-17-42(18-16-41)35(47)39-14-2-3-19-44)21-32(45)43(23-25-6-8-26(37)9-7-25)33(36)30-22-40-31-20-27(38)10-13-29(30)31/h4-13,20,22,33,40,44H,2-3,14-19,21,23H2,1H3,(H,39,47). The molecule has 2 aliphatic heterocycles. The van der Waals surface area contributed by atoms with E-state index in [1.54, 1.807) is 4.90 Å². The molecule has 3 N–H and O–H groups in total. The molecule has 2 saturated heterocycles. The molecule has 3 heterocycles. The van der Waals surface area contributed by atoms with Gasteiger partial charge in [0.15, 0.2) is 0 Å². The first-order valence-electron chi connectivity index (χ1n) is 16.2. The van der Waals surface area contributed by atoms with Gasteiger partial charge < -0.3 is 30.1 Å². The van der Waals surface area contributed by atoms with Gasteiger partial charge in [-0.3, -0.25) is 9.59 Å². The number of aromatic amines is 1. The van der Waals surface area contributed by atoms with Crippen LogP contribution in [0.25, 0.3) is 10.9 Å². The summed E-state index contributed by atoms with van der Waals surface area (Å²) >= 11 is 14.0. The van der Waals surface area contributed by atoms with E-state index in [4.69, 9.17) is 28.3 Å². The quantitative estimate of drug-likeness (QED) is 0.165. The first-order valence-corrected chi connectivity index (χ1v) is 17.7. The largest absolute Gasteiger partial charge is 0.396 e. The van der Waals surface area contributed by atoms with Gasteiger partial charge in [-0.15, -0.1) is 11.8 Å². The van der Waals surface area contributed by atoms with Crippen molar-refractivity contribution in [3.63, 3.8) is 0 Å². The number of aliphatic hydroxyl groups excluding tert-OH is 1. The molecule has 1 aromatic heterocycles. The Balaban J connectivity index is 1.38. The van der Waals surface area contributed by atoms with E-state index in [2.05, 4.69) is 10.3 Å². The van der Waals surface area contributed by atoms with Gasteiger partial charge >= 0.3 is 6.03 Å². The molecule has 9 nitrogen and oxygen atoms in total. The van der Waals surface area contributed by atoms with E-state index >= 15 is 4.79 Å². The minimum Gasteiger partial charge on any atom is -0.396 e. The molecule has 48 heavy (non-hydrogen) atoms. The molecular weight excluding hydrogens is 669 g/mol. The van der Waals surface area contributed by atoms with Crippen LogP contribution >= 0.6 is 35.0 Å². The van der Waals surface area contributed by atoms with Crippen molar-refractivity contribution >= 4 is 63.7 Å². The molecule has 6 rings (SSSR count). The number of H-pyrrole nitrogens is 1. The molecule has 4 aromatic rings. The molecule has 4 amide bonds. The molecule has 0 bridgehead atoms. The topological polar surface area (TPSA) is 109 Å². The molecule has 0 aliphatic carbocycles. The highest BCUT2D eigenvalue weighted by Crippen LogP contribution is 2.55. The van der Waals surface area contributed by atoms with Crippen LogP contribution in [0.2, 0.25) is 10.0 Å². The number of likely N-dealkylation sites (tertiary alicyclic amines) is 1. The summed E-state index contributed by atoms with van der Waals surface area (Å²) in [6, 6.07) is 20.3. The highest BCUT2D eigenvalue weighted by molar-refractivity contribution is 8.01. The monoisotopic (exact) mass is 707 g/mol. The molecule has 0 saturated carbocycles. The van der Waals surface area contributed by atoms with Gasteiger partial charge in [-0.25, -0.2) is 4.79 Å². The van der Waals surface area contributed by atoms with E-state index in [0.29, 0.717) is 62.2 Å². The number of halogens is 2. The molecule has 0 radical (unpaired) electrons. The van der Waals surface area contributed by atoms with Crippen molar-refractivity contribution in [1.82, 2.24) is 25.0 Å². The molecular formula is C36H39Cl2N5O4S. The number of benzene rings is 3. The van der Waals surface area contributed by atoms with Crippen molar-refractivity contribution in [2.45, 2.75) is 48.4 Å². The van der Waals surface area contributed by atoms with E-state index in [1.165, 1.54) is 11.8 Å². The second-order valence-electron chi connectivity index (χ2n) is 12.4. The van der Waals surface area contributed by atoms with Gasteiger partial charge in [0.25, 0.3) is 0 Å². The fraction of sp³-hybridized carbons (Fsp3) is 0.361. The molecule has 2 unspecified atom stereocenters. The number of nitrogens with zero attached hydrogens (tertiary/aromatic N) is 3. The molecule has 12 heteroatoms. The maximum Gasteiger partial charge on any atom is 0.317 e. The third-order valence-electron chi connectivity index (χ3n) is 9.12. The van der Waals surface area contributed by atoms with Gasteiger partial charge in [-0.05, 0) is 61.7 Å². The lowest BCUT2D eigenvalue weighted by Crippen LogP contribution is -2.58. The average molecular weight is 709 g/mol. The van der Waals surface area contributed by atoms with Crippen LogP contribution in [-0.4, -0.2) is 86.7 Å². The van der Waals surface area contributed by atoms with Crippen LogP contribution in [-0.2, 0) is 16.1 Å². The Morgan fingerprint density at radius 1 is 0.958 bits per heavy atom. The van der Waals surface area contributed by atoms with Crippen LogP contribution in [0.1, 0.15) is 42.0 Å². The second kappa shape index (κ2) is 14.8. The molecule has 2 aliphatic rings. The van der Waals surface area contributed by atoms with Crippen LogP contribution in [0.4, 0.5) is 4.79 Å². The van der Waals surface area contributed by atoms with Crippen molar-refractivity contribution in [2.75, 3.05) is 39.3 Å². The summed E-state index contributed by atoms with van der Waals surface area (Å²) in [7, 11) is 0. The number of aliphatic hydroxyl groups is 1. The van der Waals surface area contributed by atoms with Crippen LogP contribution < -0.4 is 5.32 Å². The Hall–Kier alpha value is -3.70. The predicted octanol–water partition coefficient (Wildman–Crippen LogP) is 6.41. The number of piperazine rings is 1. The third-order valence-corrected chi connectivity index (χ3v) is 11.0. The number of fused-ring (bicyclic) bond motifs is 1. The number of nitrogens with one attached hydrogen (secondary N) is 2. The normalized spacial score (nSPS) is 19.7. The van der Waals surface area contributed by atoms with E-state index < -0.39 is 10.8 Å². The zero-order valence-corrected chi connectivity index (χ0v) is 29.1. The fourth-order valence-electron chi connectivity index (χ4n) is 6.62. The number of aryl methyl sites for hydroxylation is 1. The minimum atomic E-state index is -1.21. The number of thioether (sulfide) groups is 1. The van der Waals surface area contributed by atoms with Crippen molar-refractivity contribution in [1.29, 1.82) is 0 Å². The summed E-state index contributed by atoms with van der Waals surface area (Å²) in [6.07, 6.45) is 3.23. The Morgan fingerprint density at radius 3 is 2.35 bits per heavy atom. The first-order chi connectivity index (χ1) is 23.2. The molecule has 3 aromatic carbocycles. The van der Waals surface area contributed by atoms with Crippen LogP contribution in [0, 0.1) is 6.92 Å². The van der Waals surface area contributed by atoms with Crippen LogP contribution in [0.15, 0.2) is 77.8 Å².